The number of fused-ring (bicyclic) bond motifs is 3. The Balaban J connectivity index is 1.01. The van der Waals surface area contributed by atoms with E-state index in [9.17, 15) is 19.5 Å². The number of aromatic nitrogens is 2. The van der Waals surface area contributed by atoms with E-state index >= 15 is 0 Å². The summed E-state index contributed by atoms with van der Waals surface area (Å²) in [6, 6.07) is 20.7. The Morgan fingerprint density at radius 1 is 1.02 bits per heavy atom. The molecule has 48 heavy (non-hydrogen) atoms. The smallest absolute Gasteiger partial charge is 0.407 e. The number of esters is 1. The van der Waals surface area contributed by atoms with E-state index in [1.807, 2.05) is 30.3 Å². The number of phenols is 1. The molecule has 2 aliphatic rings. The number of benzene rings is 3. The Kier molecular flexibility index (Phi) is 10.4. The molecule has 1 fully saturated rings. The van der Waals surface area contributed by atoms with E-state index in [1.54, 1.807) is 23.2 Å². The fourth-order valence-electron chi connectivity index (χ4n) is 6.83. The summed E-state index contributed by atoms with van der Waals surface area (Å²) in [4.78, 5) is 48.3. The second kappa shape index (κ2) is 15.1. The lowest BCUT2D eigenvalue weighted by Crippen LogP contribution is -2.48. The quantitative estimate of drug-likeness (QED) is 0.104. The largest absolute Gasteiger partial charge is 0.507 e. The number of aromatic amines is 1. The first kappa shape index (κ1) is 33.3. The number of likely N-dealkylation sites (tertiary alicyclic amines) is 1. The highest BCUT2D eigenvalue weighted by atomic mass is 79.9. The summed E-state index contributed by atoms with van der Waals surface area (Å²) >= 11 is 3.36. The highest BCUT2D eigenvalue weighted by Crippen LogP contribution is 2.44. The molecule has 3 aromatic carbocycles. The molecule has 4 aromatic rings. The van der Waals surface area contributed by atoms with Gasteiger partial charge in [-0.2, -0.15) is 0 Å². The van der Waals surface area contributed by atoms with Crippen molar-refractivity contribution in [3.8, 4) is 28.1 Å². The normalized spacial score (nSPS) is 15.9. The number of H-pyrrole nitrogens is 1. The number of halogens is 1. The van der Waals surface area contributed by atoms with E-state index in [-0.39, 0.29) is 36.0 Å². The van der Waals surface area contributed by atoms with Crippen LogP contribution in [0.4, 0.5) is 4.79 Å². The van der Waals surface area contributed by atoms with Gasteiger partial charge in [0.05, 0.1) is 25.0 Å². The highest BCUT2D eigenvalue weighted by Gasteiger charge is 2.36. The van der Waals surface area contributed by atoms with E-state index in [4.69, 9.17) is 9.47 Å². The SMILES string of the molecule is COC(=O)NC(CCCCCC(=O)OCC1c2ccccc2-c2ccccc21)C(=O)N1CCCC1c1ncc(-c2ccc(Br)cc2O)[nH]1. The van der Waals surface area contributed by atoms with Gasteiger partial charge in [-0.3, -0.25) is 9.59 Å². The monoisotopic (exact) mass is 714 g/mol. The number of phenolic OH excluding ortho intramolecular Hbond substituents is 1. The number of carbonyl (C=O) groups is 3. The molecule has 1 aliphatic carbocycles. The Bertz CT molecular complexity index is 1750. The molecule has 0 bridgehead atoms. The maximum absolute atomic E-state index is 13.8. The van der Waals surface area contributed by atoms with Crippen molar-refractivity contribution in [1.29, 1.82) is 0 Å². The number of alkyl carbamates (subject to hydrolysis) is 1. The van der Waals surface area contributed by atoms with Gasteiger partial charge in [-0.05, 0) is 66.1 Å². The third-order valence-corrected chi connectivity index (χ3v) is 9.71. The van der Waals surface area contributed by atoms with Crippen LogP contribution < -0.4 is 5.32 Å². The lowest BCUT2D eigenvalue weighted by molar-refractivity contribution is -0.144. The zero-order valence-electron chi connectivity index (χ0n) is 26.8. The summed E-state index contributed by atoms with van der Waals surface area (Å²) in [5.41, 5.74) is 5.99. The van der Waals surface area contributed by atoms with E-state index in [1.165, 1.54) is 29.4 Å². The third-order valence-electron chi connectivity index (χ3n) is 9.22. The highest BCUT2D eigenvalue weighted by molar-refractivity contribution is 9.10. The van der Waals surface area contributed by atoms with Gasteiger partial charge >= 0.3 is 12.1 Å². The number of unbranched alkanes of at least 4 members (excludes halogenated alkanes) is 2. The molecule has 1 aromatic heterocycles. The first-order valence-corrected chi connectivity index (χ1v) is 17.2. The van der Waals surface area contributed by atoms with Crippen LogP contribution in [-0.2, 0) is 19.1 Å². The molecule has 2 unspecified atom stereocenters. The van der Waals surface area contributed by atoms with Crippen LogP contribution in [0.1, 0.15) is 73.9 Å². The van der Waals surface area contributed by atoms with Gasteiger partial charge in [-0.25, -0.2) is 9.78 Å². The fraction of sp³-hybridized carbons (Fsp3) is 0.351. The van der Waals surface area contributed by atoms with Crippen LogP contribution in [-0.4, -0.2) is 64.2 Å². The predicted molar refractivity (Wildman–Crippen MR) is 184 cm³/mol. The average Bonchev–Trinajstić information content (AvgIpc) is 3.84. The van der Waals surface area contributed by atoms with Gasteiger partial charge in [0.1, 0.15) is 24.2 Å². The number of rotatable bonds is 12. The molecule has 2 heterocycles. The minimum atomic E-state index is -0.780. The van der Waals surface area contributed by atoms with Gasteiger partial charge in [-0.1, -0.05) is 77.3 Å². The summed E-state index contributed by atoms with van der Waals surface area (Å²) in [5, 5.41) is 13.1. The molecule has 2 atom stereocenters. The first-order chi connectivity index (χ1) is 23.3. The molecule has 1 saturated heterocycles. The summed E-state index contributed by atoms with van der Waals surface area (Å²) < 4.78 is 11.3. The van der Waals surface area contributed by atoms with Crippen molar-refractivity contribution in [2.45, 2.75) is 62.9 Å². The maximum atomic E-state index is 13.8. The van der Waals surface area contributed by atoms with Gasteiger partial charge in [0, 0.05) is 28.9 Å². The topological polar surface area (TPSA) is 134 Å². The van der Waals surface area contributed by atoms with Crippen LogP contribution in [0.3, 0.4) is 0 Å². The summed E-state index contributed by atoms with van der Waals surface area (Å²) in [5.74, 6) is 0.306. The van der Waals surface area contributed by atoms with E-state index in [2.05, 4.69) is 55.5 Å². The zero-order chi connectivity index (χ0) is 33.6. The van der Waals surface area contributed by atoms with Gasteiger partial charge in [-0.15, -0.1) is 0 Å². The number of nitrogens with zero attached hydrogens (tertiary/aromatic N) is 2. The van der Waals surface area contributed by atoms with Crippen molar-refractivity contribution in [3.63, 3.8) is 0 Å². The van der Waals surface area contributed by atoms with Gasteiger partial charge in [0.15, 0.2) is 0 Å². The van der Waals surface area contributed by atoms with Crippen LogP contribution >= 0.6 is 15.9 Å². The number of imidazole rings is 1. The minimum absolute atomic E-state index is 0.0209. The molecule has 11 heteroatoms. The first-order valence-electron chi connectivity index (χ1n) is 16.4. The van der Waals surface area contributed by atoms with Crippen molar-refractivity contribution in [3.05, 3.63) is 94.4 Å². The molecule has 0 spiro atoms. The van der Waals surface area contributed by atoms with Crippen molar-refractivity contribution in [2.75, 3.05) is 20.3 Å². The fourth-order valence-corrected chi connectivity index (χ4v) is 7.18. The predicted octanol–water partition coefficient (Wildman–Crippen LogP) is 7.24. The lowest BCUT2D eigenvalue weighted by Gasteiger charge is -2.28. The maximum Gasteiger partial charge on any atom is 0.407 e. The third kappa shape index (κ3) is 7.26. The van der Waals surface area contributed by atoms with E-state index in [0.717, 1.165) is 17.3 Å². The van der Waals surface area contributed by atoms with Crippen LogP contribution in [0, 0.1) is 0 Å². The van der Waals surface area contributed by atoms with E-state index < -0.39 is 12.1 Å². The number of ether oxygens (including phenoxy) is 2. The number of nitrogens with one attached hydrogen (secondary N) is 2. The number of hydrogen-bond donors (Lipinski definition) is 3. The zero-order valence-corrected chi connectivity index (χ0v) is 28.4. The van der Waals surface area contributed by atoms with Crippen LogP contribution in [0.15, 0.2) is 77.4 Å². The Morgan fingerprint density at radius 2 is 1.75 bits per heavy atom. The Labute approximate surface area is 288 Å². The number of methoxy groups -OCH3 is 1. The van der Waals surface area contributed by atoms with Gasteiger partial charge < -0.3 is 29.8 Å². The molecule has 0 radical (unpaired) electrons. The standard InChI is InChI=1S/C37H39BrN4O6/c1-47-37(46)41-30(36(45)42-19-9-15-32(42)35-39-21-31(40-35)28-18-17-23(38)20-33(28)43)14-3-2-4-16-34(44)48-22-29-26-12-7-5-10-24(26)25-11-6-8-13-27(25)29/h5-8,10-13,17-18,20-21,29-30,32,43H,2-4,9,14-16,19,22H2,1H3,(H,39,40)(H,41,46). The van der Waals surface area contributed by atoms with Gasteiger partial charge in [0.25, 0.3) is 0 Å². The molecule has 10 nitrogen and oxygen atoms in total. The number of carbonyl (C=O) groups excluding carboxylic acids is 3. The summed E-state index contributed by atoms with van der Waals surface area (Å²) in [6.45, 7) is 0.829. The van der Waals surface area contributed by atoms with Crippen molar-refractivity contribution >= 4 is 33.9 Å². The number of amides is 2. The number of aromatic hydroxyl groups is 1. The minimum Gasteiger partial charge on any atom is -0.507 e. The lowest BCUT2D eigenvalue weighted by atomic mass is 9.98. The second-order valence-electron chi connectivity index (χ2n) is 12.2. The van der Waals surface area contributed by atoms with Gasteiger partial charge in [0.2, 0.25) is 5.91 Å². The molecule has 3 N–H and O–H groups in total. The summed E-state index contributed by atoms with van der Waals surface area (Å²) in [6.07, 6.45) is 5.10. The van der Waals surface area contributed by atoms with Crippen LogP contribution in [0.25, 0.3) is 22.4 Å². The van der Waals surface area contributed by atoms with Crippen molar-refractivity contribution in [1.82, 2.24) is 20.2 Å². The van der Waals surface area contributed by atoms with Crippen molar-refractivity contribution in [2.24, 2.45) is 0 Å². The molecule has 1 aliphatic heterocycles. The molecule has 250 valence electrons. The average molecular weight is 716 g/mol. The van der Waals surface area contributed by atoms with Crippen LogP contribution in [0.5, 0.6) is 5.75 Å². The molecular weight excluding hydrogens is 676 g/mol. The molecule has 6 rings (SSSR count). The van der Waals surface area contributed by atoms with E-state index in [0.29, 0.717) is 55.9 Å². The summed E-state index contributed by atoms with van der Waals surface area (Å²) in [7, 11) is 1.27. The Hall–Kier alpha value is -4.64. The Morgan fingerprint density at radius 3 is 2.46 bits per heavy atom. The number of hydrogen-bond acceptors (Lipinski definition) is 7. The second-order valence-corrected chi connectivity index (χ2v) is 13.1. The van der Waals surface area contributed by atoms with Crippen molar-refractivity contribution < 1.29 is 29.0 Å². The van der Waals surface area contributed by atoms with Crippen LogP contribution in [0.2, 0.25) is 0 Å². The molecule has 0 saturated carbocycles. The molecule has 2 amide bonds. The molecular formula is C37H39BrN4O6.